The van der Waals surface area contributed by atoms with Gasteiger partial charge in [-0.1, -0.05) is 41.4 Å². The SMILES string of the molecule is C=C(C)[C@@H]1CC=C(C)C(=NNc2ncc(Cl)cc2Cl)C1. The van der Waals surface area contributed by atoms with Crippen LogP contribution in [0.2, 0.25) is 10.0 Å². The molecule has 1 aliphatic carbocycles. The van der Waals surface area contributed by atoms with E-state index in [1.54, 1.807) is 6.07 Å². The minimum atomic E-state index is 0.452. The Morgan fingerprint density at radius 2 is 2.25 bits per heavy atom. The predicted molar refractivity (Wildman–Crippen MR) is 86.6 cm³/mol. The van der Waals surface area contributed by atoms with Crippen LogP contribution in [-0.2, 0) is 0 Å². The van der Waals surface area contributed by atoms with Crippen LogP contribution in [0.25, 0.3) is 0 Å². The molecular formula is C15H17Cl2N3. The van der Waals surface area contributed by atoms with Gasteiger partial charge in [0.1, 0.15) is 0 Å². The maximum atomic E-state index is 6.06. The third-order valence-corrected chi connectivity index (χ3v) is 3.90. The number of nitrogens with one attached hydrogen (secondary N) is 1. The number of hydrogen-bond acceptors (Lipinski definition) is 3. The van der Waals surface area contributed by atoms with Gasteiger partial charge < -0.3 is 0 Å². The van der Waals surface area contributed by atoms with Gasteiger partial charge in [0.05, 0.1) is 15.8 Å². The lowest BCUT2D eigenvalue weighted by atomic mass is 9.85. The first kappa shape index (κ1) is 15.1. The molecule has 20 heavy (non-hydrogen) atoms. The van der Waals surface area contributed by atoms with Crippen LogP contribution in [0, 0.1) is 5.92 Å². The Labute approximate surface area is 129 Å². The van der Waals surface area contributed by atoms with E-state index < -0.39 is 0 Å². The van der Waals surface area contributed by atoms with Crippen molar-refractivity contribution in [3.63, 3.8) is 0 Å². The fraction of sp³-hybridized carbons (Fsp3) is 0.333. The smallest absolute Gasteiger partial charge is 0.165 e. The number of rotatable bonds is 3. The molecule has 0 bridgehead atoms. The standard InChI is InChI=1S/C15H17Cl2N3/c1-9(2)11-5-4-10(3)14(6-11)19-20-15-13(17)7-12(16)8-18-15/h4,7-8,11H,1,5-6H2,2-3H3,(H,18,20)/t11-/m1/s1. The van der Waals surface area contributed by atoms with Gasteiger partial charge in [0.15, 0.2) is 5.82 Å². The molecular weight excluding hydrogens is 293 g/mol. The fourth-order valence-corrected chi connectivity index (χ4v) is 2.46. The Kier molecular flexibility index (Phi) is 4.84. The predicted octanol–water partition coefficient (Wildman–Crippen LogP) is 5.09. The molecule has 2 rings (SSSR count). The number of nitrogens with zero attached hydrogens (tertiary/aromatic N) is 2. The van der Waals surface area contributed by atoms with Crippen molar-refractivity contribution in [1.82, 2.24) is 4.98 Å². The van der Waals surface area contributed by atoms with Crippen molar-refractivity contribution in [3.8, 4) is 0 Å². The molecule has 0 saturated carbocycles. The molecule has 0 spiro atoms. The van der Waals surface area contributed by atoms with Crippen molar-refractivity contribution in [2.24, 2.45) is 11.0 Å². The quantitative estimate of drug-likeness (QED) is 0.624. The summed E-state index contributed by atoms with van der Waals surface area (Å²) in [4.78, 5) is 4.12. The second-order valence-corrected chi connectivity index (χ2v) is 5.87. The first-order chi connectivity index (χ1) is 9.47. The third-order valence-electron chi connectivity index (χ3n) is 3.40. The molecule has 1 heterocycles. The molecule has 1 aromatic rings. The van der Waals surface area contributed by atoms with Crippen LogP contribution in [0.1, 0.15) is 26.7 Å². The van der Waals surface area contributed by atoms with Gasteiger partial charge in [0.2, 0.25) is 0 Å². The van der Waals surface area contributed by atoms with Crippen LogP contribution in [-0.4, -0.2) is 10.7 Å². The molecule has 1 atom stereocenters. The Hall–Kier alpha value is -1.32. The summed E-state index contributed by atoms with van der Waals surface area (Å²) in [5, 5.41) is 5.38. The van der Waals surface area contributed by atoms with Crippen molar-refractivity contribution in [2.75, 3.05) is 5.43 Å². The Bertz CT molecular complexity index is 591. The molecule has 1 N–H and O–H groups in total. The summed E-state index contributed by atoms with van der Waals surface area (Å²) in [7, 11) is 0. The van der Waals surface area contributed by atoms with Crippen molar-refractivity contribution in [1.29, 1.82) is 0 Å². The zero-order chi connectivity index (χ0) is 14.7. The Morgan fingerprint density at radius 1 is 1.50 bits per heavy atom. The summed E-state index contributed by atoms with van der Waals surface area (Å²) in [6.45, 7) is 8.15. The number of anilines is 1. The van der Waals surface area contributed by atoms with Gasteiger partial charge in [-0.15, -0.1) is 0 Å². The van der Waals surface area contributed by atoms with Gasteiger partial charge in [-0.25, -0.2) is 4.98 Å². The maximum Gasteiger partial charge on any atom is 0.165 e. The zero-order valence-electron chi connectivity index (χ0n) is 11.6. The Morgan fingerprint density at radius 3 is 2.90 bits per heavy atom. The van der Waals surface area contributed by atoms with Gasteiger partial charge in [-0.05, 0) is 44.2 Å². The minimum Gasteiger partial charge on any atom is -0.260 e. The average molecular weight is 310 g/mol. The lowest BCUT2D eigenvalue weighted by molar-refractivity contribution is 0.639. The highest BCUT2D eigenvalue weighted by Crippen LogP contribution is 2.27. The lowest BCUT2D eigenvalue weighted by Crippen LogP contribution is -2.16. The highest BCUT2D eigenvalue weighted by Gasteiger charge is 2.18. The molecule has 0 unspecified atom stereocenters. The van der Waals surface area contributed by atoms with E-state index in [1.165, 1.54) is 17.3 Å². The van der Waals surface area contributed by atoms with Crippen molar-refractivity contribution in [3.05, 3.63) is 46.1 Å². The van der Waals surface area contributed by atoms with Crippen molar-refractivity contribution < 1.29 is 0 Å². The monoisotopic (exact) mass is 309 g/mol. The van der Waals surface area contributed by atoms with Crippen LogP contribution in [0.4, 0.5) is 5.82 Å². The lowest BCUT2D eigenvalue weighted by Gasteiger charge is -2.22. The number of hydrogen-bond donors (Lipinski definition) is 1. The molecule has 0 fully saturated rings. The largest absolute Gasteiger partial charge is 0.260 e. The average Bonchev–Trinajstić information content (AvgIpc) is 2.39. The molecule has 5 heteroatoms. The fourth-order valence-electron chi connectivity index (χ4n) is 2.04. The van der Waals surface area contributed by atoms with E-state index in [9.17, 15) is 0 Å². The first-order valence-electron chi connectivity index (χ1n) is 6.43. The Balaban J connectivity index is 2.16. The molecule has 3 nitrogen and oxygen atoms in total. The molecule has 0 saturated heterocycles. The summed E-state index contributed by atoms with van der Waals surface area (Å²) < 4.78 is 0. The van der Waals surface area contributed by atoms with Crippen LogP contribution < -0.4 is 5.43 Å². The van der Waals surface area contributed by atoms with Gasteiger partial charge in [-0.3, -0.25) is 5.43 Å². The van der Waals surface area contributed by atoms with Gasteiger partial charge >= 0.3 is 0 Å². The van der Waals surface area contributed by atoms with Crippen LogP contribution in [0.3, 0.4) is 0 Å². The number of hydrazone groups is 1. The van der Waals surface area contributed by atoms with E-state index in [2.05, 4.69) is 42.0 Å². The number of allylic oxidation sites excluding steroid dienone is 3. The van der Waals surface area contributed by atoms with E-state index >= 15 is 0 Å². The summed E-state index contributed by atoms with van der Waals surface area (Å²) in [5.41, 5.74) is 6.29. The molecule has 1 aliphatic rings. The summed E-state index contributed by atoms with van der Waals surface area (Å²) in [5.74, 6) is 0.960. The van der Waals surface area contributed by atoms with E-state index in [0.29, 0.717) is 21.8 Å². The highest BCUT2D eigenvalue weighted by molar-refractivity contribution is 6.35. The number of pyridine rings is 1. The van der Waals surface area contributed by atoms with Gasteiger partial charge in [0.25, 0.3) is 0 Å². The van der Waals surface area contributed by atoms with E-state index in [1.807, 2.05) is 0 Å². The van der Waals surface area contributed by atoms with Crippen molar-refractivity contribution >= 4 is 34.7 Å². The van der Waals surface area contributed by atoms with Crippen LogP contribution in [0.5, 0.6) is 0 Å². The highest BCUT2D eigenvalue weighted by atomic mass is 35.5. The summed E-state index contributed by atoms with van der Waals surface area (Å²) in [6, 6.07) is 1.64. The number of halogens is 2. The van der Waals surface area contributed by atoms with Crippen LogP contribution in [0.15, 0.2) is 41.2 Å². The molecule has 0 aliphatic heterocycles. The minimum absolute atomic E-state index is 0.452. The zero-order valence-corrected chi connectivity index (χ0v) is 13.1. The van der Waals surface area contributed by atoms with E-state index in [-0.39, 0.29) is 0 Å². The van der Waals surface area contributed by atoms with Gasteiger partial charge in [-0.2, -0.15) is 5.10 Å². The van der Waals surface area contributed by atoms with Crippen LogP contribution >= 0.6 is 23.2 Å². The first-order valence-corrected chi connectivity index (χ1v) is 7.19. The summed E-state index contributed by atoms with van der Waals surface area (Å²) >= 11 is 11.9. The number of aromatic nitrogens is 1. The molecule has 0 amide bonds. The molecule has 106 valence electrons. The molecule has 0 radical (unpaired) electrons. The van der Waals surface area contributed by atoms with E-state index in [0.717, 1.165) is 18.6 Å². The van der Waals surface area contributed by atoms with Gasteiger partial charge in [0, 0.05) is 6.20 Å². The topological polar surface area (TPSA) is 37.3 Å². The molecule has 0 aromatic carbocycles. The maximum absolute atomic E-state index is 6.06. The second-order valence-electron chi connectivity index (χ2n) is 5.02. The molecule has 1 aromatic heterocycles. The van der Waals surface area contributed by atoms with Crippen molar-refractivity contribution in [2.45, 2.75) is 26.7 Å². The normalized spacial score (nSPS) is 20.7. The second kappa shape index (κ2) is 6.42. The third kappa shape index (κ3) is 3.62. The summed E-state index contributed by atoms with van der Waals surface area (Å²) in [6.07, 6.45) is 5.65. The van der Waals surface area contributed by atoms with E-state index in [4.69, 9.17) is 23.2 Å².